The Labute approximate surface area is 169 Å². The second-order valence-corrected chi connectivity index (χ2v) is 8.43. The van der Waals surface area contributed by atoms with Crippen LogP contribution < -0.4 is 15.5 Å². The van der Waals surface area contributed by atoms with E-state index in [1.165, 1.54) is 0 Å². The SMILES string of the molecule is CNCCN[C@@H]1CCCN(c2c(Cl)cccc2/C=C2\SC(=O)CCC2=O)C1. The maximum atomic E-state index is 12.2. The Morgan fingerprint density at radius 2 is 2.15 bits per heavy atom. The van der Waals surface area contributed by atoms with Gasteiger partial charge in [0, 0.05) is 50.6 Å². The maximum Gasteiger partial charge on any atom is 0.194 e. The van der Waals surface area contributed by atoms with Crippen LogP contribution in [0, 0.1) is 0 Å². The summed E-state index contributed by atoms with van der Waals surface area (Å²) < 4.78 is 0. The second kappa shape index (κ2) is 9.73. The molecule has 0 unspecified atom stereocenters. The molecule has 2 aliphatic rings. The van der Waals surface area contributed by atoms with Gasteiger partial charge in [-0.1, -0.05) is 23.7 Å². The van der Waals surface area contributed by atoms with E-state index < -0.39 is 0 Å². The molecule has 0 saturated carbocycles. The number of halogens is 1. The number of allylic oxidation sites excluding steroid dienone is 1. The number of hydrogen-bond donors (Lipinski definition) is 2. The first-order chi connectivity index (χ1) is 13.1. The number of rotatable bonds is 6. The zero-order valence-corrected chi connectivity index (χ0v) is 17.2. The molecule has 2 heterocycles. The summed E-state index contributed by atoms with van der Waals surface area (Å²) in [5.41, 5.74) is 1.86. The van der Waals surface area contributed by atoms with Gasteiger partial charge in [-0.05, 0) is 43.8 Å². The van der Waals surface area contributed by atoms with E-state index >= 15 is 0 Å². The molecule has 0 amide bonds. The van der Waals surface area contributed by atoms with Crippen molar-refractivity contribution in [3.8, 4) is 0 Å². The molecule has 146 valence electrons. The minimum absolute atomic E-state index is 0.0378. The molecule has 0 spiro atoms. The highest BCUT2D eigenvalue weighted by atomic mass is 35.5. The zero-order chi connectivity index (χ0) is 19.2. The van der Waals surface area contributed by atoms with Gasteiger partial charge in [0.1, 0.15) is 0 Å². The van der Waals surface area contributed by atoms with E-state index in [0.717, 1.165) is 62.0 Å². The van der Waals surface area contributed by atoms with Crippen molar-refractivity contribution in [1.29, 1.82) is 0 Å². The van der Waals surface area contributed by atoms with Gasteiger partial charge < -0.3 is 15.5 Å². The number of anilines is 1. The van der Waals surface area contributed by atoms with Gasteiger partial charge >= 0.3 is 0 Å². The third kappa shape index (κ3) is 5.35. The molecule has 1 aromatic rings. The van der Waals surface area contributed by atoms with E-state index in [0.29, 0.717) is 28.8 Å². The van der Waals surface area contributed by atoms with E-state index in [1.807, 2.05) is 31.3 Å². The summed E-state index contributed by atoms with van der Waals surface area (Å²) in [6, 6.07) is 6.16. The molecule has 2 aliphatic heterocycles. The Balaban J connectivity index is 1.83. The van der Waals surface area contributed by atoms with Crippen LogP contribution in [0.25, 0.3) is 6.08 Å². The van der Waals surface area contributed by atoms with Crippen LogP contribution in [0.3, 0.4) is 0 Å². The Kier molecular flexibility index (Phi) is 7.35. The highest BCUT2D eigenvalue weighted by molar-refractivity contribution is 8.17. The zero-order valence-electron chi connectivity index (χ0n) is 15.6. The number of carbonyl (C=O) groups excluding carboxylic acids is 2. The number of nitrogens with zero attached hydrogens (tertiary/aromatic N) is 1. The van der Waals surface area contributed by atoms with E-state index in [9.17, 15) is 9.59 Å². The summed E-state index contributed by atoms with van der Waals surface area (Å²) in [5.74, 6) is 0.0378. The van der Waals surface area contributed by atoms with Gasteiger partial charge in [0.05, 0.1) is 15.6 Å². The van der Waals surface area contributed by atoms with E-state index in [1.54, 1.807) is 0 Å². The molecule has 0 aliphatic carbocycles. The minimum Gasteiger partial charge on any atom is -0.368 e. The van der Waals surface area contributed by atoms with Crippen molar-refractivity contribution >= 4 is 46.0 Å². The fourth-order valence-corrected chi connectivity index (χ4v) is 4.70. The predicted octanol–water partition coefficient (Wildman–Crippen LogP) is 3.08. The number of Topliss-reactive ketones (excluding diaryl/α,β-unsaturated/α-hetero) is 1. The Bertz CT molecular complexity index is 738. The monoisotopic (exact) mass is 407 g/mol. The maximum absolute atomic E-state index is 12.2. The van der Waals surface area contributed by atoms with Gasteiger partial charge in [0.25, 0.3) is 0 Å². The Morgan fingerprint density at radius 1 is 1.30 bits per heavy atom. The number of ketones is 1. The van der Waals surface area contributed by atoms with Crippen LogP contribution >= 0.6 is 23.4 Å². The normalized spacial score (nSPS) is 22.5. The summed E-state index contributed by atoms with van der Waals surface area (Å²) in [4.78, 5) is 26.8. The fraction of sp³-hybridized carbons (Fsp3) is 0.500. The van der Waals surface area contributed by atoms with Crippen molar-refractivity contribution in [2.24, 2.45) is 0 Å². The van der Waals surface area contributed by atoms with Crippen molar-refractivity contribution in [2.75, 3.05) is 38.1 Å². The topological polar surface area (TPSA) is 61.4 Å². The van der Waals surface area contributed by atoms with Crippen LogP contribution in [-0.2, 0) is 9.59 Å². The fourth-order valence-electron chi connectivity index (χ4n) is 3.55. The number of nitrogens with one attached hydrogen (secondary N) is 2. The lowest BCUT2D eigenvalue weighted by Gasteiger charge is -2.36. The highest BCUT2D eigenvalue weighted by Gasteiger charge is 2.25. The number of hydrogen-bond acceptors (Lipinski definition) is 6. The number of piperidine rings is 1. The van der Waals surface area contributed by atoms with Crippen LogP contribution in [-0.4, -0.2) is 50.2 Å². The molecule has 1 atom stereocenters. The highest BCUT2D eigenvalue weighted by Crippen LogP contribution is 2.36. The van der Waals surface area contributed by atoms with Gasteiger partial charge in [-0.15, -0.1) is 0 Å². The van der Waals surface area contributed by atoms with E-state index in [4.69, 9.17) is 11.6 Å². The van der Waals surface area contributed by atoms with Gasteiger partial charge in [0.15, 0.2) is 10.9 Å². The first kappa shape index (κ1) is 20.4. The molecule has 2 saturated heterocycles. The van der Waals surface area contributed by atoms with Crippen LogP contribution in [0.15, 0.2) is 23.1 Å². The molecular formula is C20H26ClN3O2S. The van der Waals surface area contributed by atoms with Gasteiger partial charge in [0.2, 0.25) is 0 Å². The first-order valence-electron chi connectivity index (χ1n) is 9.45. The second-order valence-electron chi connectivity index (χ2n) is 6.93. The van der Waals surface area contributed by atoms with E-state index in [2.05, 4.69) is 15.5 Å². The predicted molar refractivity (Wildman–Crippen MR) is 113 cm³/mol. The summed E-state index contributed by atoms with van der Waals surface area (Å²) in [6.45, 7) is 3.68. The average molecular weight is 408 g/mol. The largest absolute Gasteiger partial charge is 0.368 e. The number of thioether (sulfide) groups is 1. The smallest absolute Gasteiger partial charge is 0.194 e. The van der Waals surface area contributed by atoms with Crippen LogP contribution in [0.2, 0.25) is 5.02 Å². The molecule has 5 nitrogen and oxygen atoms in total. The van der Waals surface area contributed by atoms with Crippen LogP contribution in [0.1, 0.15) is 31.2 Å². The van der Waals surface area contributed by atoms with Gasteiger partial charge in [-0.25, -0.2) is 0 Å². The third-order valence-electron chi connectivity index (χ3n) is 4.91. The molecule has 0 radical (unpaired) electrons. The molecule has 7 heteroatoms. The van der Waals surface area contributed by atoms with Crippen LogP contribution in [0.5, 0.6) is 0 Å². The third-order valence-corrected chi connectivity index (χ3v) is 6.21. The van der Waals surface area contributed by atoms with Crippen molar-refractivity contribution in [3.05, 3.63) is 33.7 Å². The number of likely N-dealkylation sites (N-methyl/N-ethyl adjacent to an activating group) is 1. The molecule has 1 aromatic carbocycles. The molecule has 2 N–H and O–H groups in total. The standard InChI is InChI=1S/C20H26ClN3O2S/c1-22-9-10-23-15-5-3-11-24(13-15)20-14(4-2-6-16(20)21)12-18-17(25)7-8-19(26)27-18/h2,4,6,12,15,22-23H,3,5,7-11,13H2,1H3/b18-12-/t15-/m1/s1. The molecule has 0 aromatic heterocycles. The Hall–Kier alpha value is -1.34. The summed E-state index contributed by atoms with van der Waals surface area (Å²) >= 11 is 7.62. The number of benzene rings is 1. The van der Waals surface area contributed by atoms with Gasteiger partial charge in [-0.2, -0.15) is 0 Å². The van der Waals surface area contributed by atoms with Crippen molar-refractivity contribution in [3.63, 3.8) is 0 Å². The molecule has 2 fully saturated rings. The van der Waals surface area contributed by atoms with Crippen molar-refractivity contribution in [2.45, 2.75) is 31.7 Å². The van der Waals surface area contributed by atoms with Crippen LogP contribution in [0.4, 0.5) is 5.69 Å². The summed E-state index contributed by atoms with van der Waals surface area (Å²) in [5, 5.41) is 7.48. The van der Waals surface area contributed by atoms with Gasteiger partial charge in [-0.3, -0.25) is 9.59 Å². The lowest BCUT2D eigenvalue weighted by Crippen LogP contribution is -2.47. The number of carbonyl (C=O) groups is 2. The molecule has 0 bridgehead atoms. The minimum atomic E-state index is 0.0378. The van der Waals surface area contributed by atoms with E-state index in [-0.39, 0.29) is 10.9 Å². The first-order valence-corrected chi connectivity index (χ1v) is 10.6. The molecule has 3 rings (SSSR count). The lowest BCUT2D eigenvalue weighted by atomic mass is 10.0. The number of para-hydroxylation sites is 1. The van der Waals surface area contributed by atoms with Crippen molar-refractivity contribution < 1.29 is 9.59 Å². The summed E-state index contributed by atoms with van der Waals surface area (Å²) in [7, 11) is 1.95. The molecule has 27 heavy (non-hydrogen) atoms. The Morgan fingerprint density at radius 3 is 2.96 bits per heavy atom. The quantitative estimate of drug-likeness (QED) is 0.558. The van der Waals surface area contributed by atoms with Crippen molar-refractivity contribution in [1.82, 2.24) is 10.6 Å². The molecular weight excluding hydrogens is 382 g/mol. The average Bonchev–Trinajstić information content (AvgIpc) is 2.65. The lowest BCUT2D eigenvalue weighted by molar-refractivity contribution is -0.119. The summed E-state index contributed by atoms with van der Waals surface area (Å²) in [6.07, 6.45) is 4.70.